The second kappa shape index (κ2) is 7.16. The van der Waals surface area contributed by atoms with Crippen molar-refractivity contribution >= 4 is 28.1 Å². The molecule has 1 aromatic carbocycles. The molecule has 2 N–H and O–H groups in total. The van der Waals surface area contributed by atoms with Gasteiger partial charge < -0.3 is 15.0 Å². The Hall–Kier alpha value is -3.26. The molecule has 7 nitrogen and oxygen atoms in total. The van der Waals surface area contributed by atoms with Crippen molar-refractivity contribution < 1.29 is 9.53 Å². The first-order valence-corrected chi connectivity index (χ1v) is 9.20. The number of benzene rings is 1. The lowest BCUT2D eigenvalue weighted by molar-refractivity contribution is 0.0945. The molecule has 136 valence electrons. The van der Waals surface area contributed by atoms with Gasteiger partial charge in [-0.25, -0.2) is 15.0 Å². The van der Waals surface area contributed by atoms with Crippen molar-refractivity contribution in [2.24, 2.45) is 0 Å². The first-order valence-electron chi connectivity index (χ1n) is 8.32. The largest absolute Gasteiger partial charge is 0.497 e. The van der Waals surface area contributed by atoms with Gasteiger partial charge in [0.25, 0.3) is 5.91 Å². The molecule has 1 amide bonds. The number of carbonyl (C=O) groups is 1. The first kappa shape index (κ1) is 17.2. The molecular weight excluding hydrogens is 362 g/mol. The summed E-state index contributed by atoms with van der Waals surface area (Å²) in [6, 6.07) is 7.45. The molecule has 0 unspecified atom stereocenters. The van der Waals surface area contributed by atoms with Crippen LogP contribution >= 0.6 is 11.3 Å². The Labute approximate surface area is 159 Å². The summed E-state index contributed by atoms with van der Waals surface area (Å²) in [6.45, 7) is 2.25. The van der Waals surface area contributed by atoms with E-state index in [4.69, 9.17) is 4.74 Å². The van der Waals surface area contributed by atoms with Gasteiger partial charge in [-0.2, -0.15) is 0 Å². The molecule has 0 aliphatic rings. The molecule has 27 heavy (non-hydrogen) atoms. The van der Waals surface area contributed by atoms with E-state index >= 15 is 0 Å². The minimum absolute atomic E-state index is 0.173. The highest BCUT2D eigenvalue weighted by atomic mass is 32.1. The number of hydrogen-bond acceptors (Lipinski definition) is 6. The number of aromatic amines is 1. The number of rotatable bonds is 5. The summed E-state index contributed by atoms with van der Waals surface area (Å²) < 4.78 is 5.26. The van der Waals surface area contributed by atoms with Crippen molar-refractivity contribution in [3.8, 4) is 16.6 Å². The van der Waals surface area contributed by atoms with E-state index in [2.05, 4.69) is 25.3 Å². The molecule has 0 aliphatic carbocycles. The fourth-order valence-electron chi connectivity index (χ4n) is 2.82. The van der Waals surface area contributed by atoms with Crippen LogP contribution < -0.4 is 10.1 Å². The third-order valence-corrected chi connectivity index (χ3v) is 5.12. The van der Waals surface area contributed by atoms with E-state index in [0.29, 0.717) is 18.1 Å². The standard InChI is InChI=1S/C19H17N5O2S/c1-11-14-8-13(26-2)4-5-15(14)24-16(11)18(25)22-9-12-10-27-19(23-12)17-20-6-3-7-21-17/h3-8,10,24H,9H2,1-2H3,(H,22,25). The van der Waals surface area contributed by atoms with Crippen molar-refractivity contribution in [2.75, 3.05) is 7.11 Å². The third-order valence-electron chi connectivity index (χ3n) is 4.23. The van der Waals surface area contributed by atoms with Crippen LogP contribution in [0.4, 0.5) is 0 Å². The van der Waals surface area contributed by atoms with Crippen molar-refractivity contribution in [2.45, 2.75) is 13.5 Å². The molecule has 4 rings (SSSR count). The Balaban J connectivity index is 1.49. The predicted octanol–water partition coefficient (Wildman–Crippen LogP) is 3.33. The zero-order valence-corrected chi connectivity index (χ0v) is 15.6. The van der Waals surface area contributed by atoms with Crippen LogP contribution in [0.2, 0.25) is 0 Å². The Morgan fingerprint density at radius 3 is 2.89 bits per heavy atom. The summed E-state index contributed by atoms with van der Waals surface area (Å²) >= 11 is 1.45. The summed E-state index contributed by atoms with van der Waals surface area (Å²) in [5.74, 6) is 1.17. The molecular formula is C19H17N5O2S. The molecule has 3 aromatic heterocycles. The highest BCUT2D eigenvalue weighted by molar-refractivity contribution is 7.13. The number of aryl methyl sites for hydroxylation is 1. The molecule has 4 aromatic rings. The Morgan fingerprint density at radius 1 is 1.30 bits per heavy atom. The third kappa shape index (κ3) is 3.39. The van der Waals surface area contributed by atoms with Gasteiger partial charge in [-0.1, -0.05) is 0 Å². The number of methoxy groups -OCH3 is 1. The monoisotopic (exact) mass is 379 g/mol. The summed E-state index contributed by atoms with van der Waals surface area (Å²) in [6.07, 6.45) is 3.36. The lowest BCUT2D eigenvalue weighted by atomic mass is 10.1. The number of hydrogen-bond donors (Lipinski definition) is 2. The Morgan fingerprint density at radius 2 is 2.11 bits per heavy atom. The maximum absolute atomic E-state index is 12.6. The van der Waals surface area contributed by atoms with Crippen molar-refractivity contribution in [3.63, 3.8) is 0 Å². The van der Waals surface area contributed by atoms with E-state index in [1.807, 2.05) is 30.5 Å². The number of fused-ring (bicyclic) bond motifs is 1. The number of amides is 1. The molecule has 0 spiro atoms. The van der Waals surface area contributed by atoms with Crippen LogP contribution in [0, 0.1) is 6.92 Å². The lowest BCUT2D eigenvalue weighted by Crippen LogP contribution is -2.24. The second-order valence-corrected chi connectivity index (χ2v) is 6.79. The van der Waals surface area contributed by atoms with Gasteiger partial charge in [0.2, 0.25) is 0 Å². The summed E-state index contributed by atoms with van der Waals surface area (Å²) in [4.78, 5) is 28.7. The van der Waals surface area contributed by atoms with Gasteiger partial charge in [-0.3, -0.25) is 4.79 Å². The van der Waals surface area contributed by atoms with Crippen molar-refractivity contribution in [3.05, 3.63) is 59.0 Å². The predicted molar refractivity (Wildman–Crippen MR) is 104 cm³/mol. The van der Waals surface area contributed by atoms with E-state index < -0.39 is 0 Å². The molecule has 0 atom stereocenters. The average molecular weight is 379 g/mol. The quantitative estimate of drug-likeness (QED) is 0.555. The van der Waals surface area contributed by atoms with Gasteiger partial charge in [-0.05, 0) is 36.8 Å². The van der Waals surface area contributed by atoms with E-state index in [9.17, 15) is 4.79 Å². The number of thiazole rings is 1. The SMILES string of the molecule is COc1ccc2[nH]c(C(=O)NCc3csc(-c4ncccn4)n3)c(C)c2c1. The van der Waals surface area contributed by atoms with Gasteiger partial charge in [0.1, 0.15) is 11.4 Å². The number of aromatic nitrogens is 4. The van der Waals surface area contributed by atoms with Gasteiger partial charge in [0.15, 0.2) is 10.8 Å². The fourth-order valence-corrected chi connectivity index (χ4v) is 3.58. The summed E-state index contributed by atoms with van der Waals surface area (Å²) in [5.41, 5.74) is 3.10. The number of carbonyl (C=O) groups excluding carboxylic acids is 1. The number of nitrogens with zero attached hydrogens (tertiary/aromatic N) is 3. The molecule has 0 aliphatic heterocycles. The normalized spacial score (nSPS) is 10.9. The number of nitrogens with one attached hydrogen (secondary N) is 2. The van der Waals surface area contributed by atoms with E-state index in [-0.39, 0.29) is 5.91 Å². The van der Waals surface area contributed by atoms with Crippen LogP contribution in [0.1, 0.15) is 21.7 Å². The molecule has 3 heterocycles. The van der Waals surface area contributed by atoms with Crippen molar-refractivity contribution in [1.82, 2.24) is 25.3 Å². The first-order chi connectivity index (χ1) is 13.2. The van der Waals surface area contributed by atoms with Gasteiger partial charge in [0, 0.05) is 28.7 Å². The zero-order valence-electron chi connectivity index (χ0n) is 14.8. The van der Waals surface area contributed by atoms with Crippen LogP contribution in [0.5, 0.6) is 5.75 Å². The summed E-state index contributed by atoms with van der Waals surface area (Å²) in [7, 11) is 1.62. The fraction of sp³-hybridized carbons (Fsp3) is 0.158. The molecule has 0 saturated heterocycles. The van der Waals surface area contributed by atoms with E-state index in [1.165, 1.54) is 11.3 Å². The lowest BCUT2D eigenvalue weighted by Gasteiger charge is -2.02. The maximum atomic E-state index is 12.6. The molecule has 0 fully saturated rings. The van der Waals surface area contributed by atoms with Gasteiger partial charge in [-0.15, -0.1) is 11.3 Å². The van der Waals surface area contributed by atoms with E-state index in [1.54, 1.807) is 25.6 Å². The maximum Gasteiger partial charge on any atom is 0.268 e. The Kier molecular flexibility index (Phi) is 4.55. The van der Waals surface area contributed by atoms with Gasteiger partial charge in [0.05, 0.1) is 19.3 Å². The van der Waals surface area contributed by atoms with Crippen LogP contribution in [0.3, 0.4) is 0 Å². The minimum atomic E-state index is -0.173. The smallest absolute Gasteiger partial charge is 0.268 e. The van der Waals surface area contributed by atoms with E-state index in [0.717, 1.165) is 32.9 Å². The number of ether oxygens (including phenoxy) is 1. The average Bonchev–Trinajstić information content (AvgIpc) is 3.31. The minimum Gasteiger partial charge on any atom is -0.497 e. The van der Waals surface area contributed by atoms with Crippen LogP contribution in [-0.4, -0.2) is 33.0 Å². The molecule has 0 bridgehead atoms. The second-order valence-electron chi connectivity index (χ2n) is 5.94. The highest BCUT2D eigenvalue weighted by Gasteiger charge is 2.16. The Bertz CT molecular complexity index is 1100. The van der Waals surface area contributed by atoms with Crippen LogP contribution in [0.25, 0.3) is 21.7 Å². The van der Waals surface area contributed by atoms with Crippen LogP contribution in [-0.2, 0) is 6.54 Å². The van der Waals surface area contributed by atoms with Gasteiger partial charge >= 0.3 is 0 Å². The number of H-pyrrole nitrogens is 1. The molecule has 8 heteroatoms. The van der Waals surface area contributed by atoms with Crippen LogP contribution in [0.15, 0.2) is 42.0 Å². The molecule has 0 radical (unpaired) electrons. The summed E-state index contributed by atoms with van der Waals surface area (Å²) in [5, 5.41) is 6.51. The highest BCUT2D eigenvalue weighted by Crippen LogP contribution is 2.26. The molecule has 0 saturated carbocycles. The topological polar surface area (TPSA) is 92.8 Å². The zero-order chi connectivity index (χ0) is 18.8. The van der Waals surface area contributed by atoms with Crippen molar-refractivity contribution in [1.29, 1.82) is 0 Å².